The van der Waals surface area contributed by atoms with Gasteiger partial charge in [-0.15, -0.1) is 5.10 Å². The van der Waals surface area contributed by atoms with Crippen LogP contribution in [-0.2, 0) is 33.5 Å². The molecule has 0 radical (unpaired) electrons. The quantitative estimate of drug-likeness (QED) is 0.358. The van der Waals surface area contributed by atoms with Gasteiger partial charge in [0.05, 0.1) is 28.1 Å². The number of methoxy groups -OCH3 is 1. The highest BCUT2D eigenvalue weighted by Crippen LogP contribution is 2.34. The Morgan fingerprint density at radius 2 is 1.84 bits per heavy atom. The fraction of sp³-hybridized carbons (Fsp3) is 0.500. The van der Waals surface area contributed by atoms with E-state index in [2.05, 4.69) is 20.4 Å². The van der Waals surface area contributed by atoms with Crippen molar-refractivity contribution in [2.75, 3.05) is 68.0 Å². The Balaban J connectivity index is 1.31. The van der Waals surface area contributed by atoms with E-state index < -0.39 is 23.2 Å². The number of aliphatic hydroxyl groups excluding tert-OH is 1. The molecular weight excluding hydrogens is 683 g/mol. The standard InChI is InChI=1S/C32H37ClF3N9O5/c1-5-23-26(41-8-10-42(11-9-41)28(48)25-27(47)18(3)17(2)13-37-25)29(49)45-31(39-30(40-45)43-14-20(15-43)50-4)44(23)16-24(46)38-22-7-6-19(12-21(22)33)32(34,35)36/h6-7,12,17,20,47H,5,8-11,13-16H2,1-4H3,(H,38,46). The molecule has 1 aromatic carbocycles. The fourth-order valence-corrected chi connectivity index (χ4v) is 6.47. The number of nitrogens with zero attached hydrogens (tertiary/aromatic N) is 8. The van der Waals surface area contributed by atoms with Crippen LogP contribution in [0.1, 0.15) is 32.0 Å². The van der Waals surface area contributed by atoms with Gasteiger partial charge in [0.1, 0.15) is 18.0 Å². The zero-order chi connectivity index (χ0) is 36.1. The highest BCUT2D eigenvalue weighted by molar-refractivity contribution is 6.44. The molecule has 3 aliphatic heterocycles. The van der Waals surface area contributed by atoms with Gasteiger partial charge in [-0.3, -0.25) is 19.4 Å². The largest absolute Gasteiger partial charge is 0.506 e. The summed E-state index contributed by atoms with van der Waals surface area (Å²) >= 11 is 6.11. The van der Waals surface area contributed by atoms with Gasteiger partial charge in [-0.25, -0.2) is 0 Å². The van der Waals surface area contributed by atoms with Crippen molar-refractivity contribution in [3.8, 4) is 0 Å². The van der Waals surface area contributed by atoms with E-state index in [0.29, 0.717) is 37.3 Å². The lowest BCUT2D eigenvalue weighted by Crippen LogP contribution is -2.53. The highest BCUT2D eigenvalue weighted by atomic mass is 35.5. The number of alkyl halides is 3. The monoisotopic (exact) mass is 719 g/mol. The van der Waals surface area contributed by atoms with Crippen molar-refractivity contribution >= 4 is 52.2 Å². The molecule has 2 fully saturated rings. The maximum absolute atomic E-state index is 14.1. The van der Waals surface area contributed by atoms with Crippen LogP contribution < -0.4 is 20.7 Å². The number of hydrogen-bond donors (Lipinski definition) is 2. The van der Waals surface area contributed by atoms with E-state index in [9.17, 15) is 32.7 Å². The SMILES string of the molecule is CCc1c(N2CCN(C(=O)C3=NCC(C)C(C)=C3O)CC2)c(=O)n2nc(N3CC(OC)C3)nc2n1CC(=O)Nc1ccc(C(F)(F)F)cc1Cl. The van der Waals surface area contributed by atoms with E-state index in [1.54, 1.807) is 23.5 Å². The molecule has 14 nitrogen and oxygen atoms in total. The molecule has 6 rings (SSSR count). The van der Waals surface area contributed by atoms with E-state index in [-0.39, 0.29) is 90.2 Å². The summed E-state index contributed by atoms with van der Waals surface area (Å²) in [7, 11) is 1.60. The maximum Gasteiger partial charge on any atom is 0.416 e. The van der Waals surface area contributed by atoms with Crippen LogP contribution in [0.15, 0.2) is 39.3 Å². The van der Waals surface area contributed by atoms with Crippen molar-refractivity contribution in [2.45, 2.75) is 46.0 Å². The number of carbonyl (C=O) groups excluding carboxylic acids is 2. The Morgan fingerprint density at radius 3 is 2.46 bits per heavy atom. The lowest BCUT2D eigenvalue weighted by atomic mass is 9.96. The van der Waals surface area contributed by atoms with Crippen LogP contribution >= 0.6 is 11.6 Å². The van der Waals surface area contributed by atoms with E-state index in [1.165, 1.54) is 0 Å². The first kappa shape index (κ1) is 35.2. The minimum atomic E-state index is -4.61. The molecule has 2 saturated heterocycles. The number of benzene rings is 1. The second kappa shape index (κ2) is 13.6. The van der Waals surface area contributed by atoms with Gasteiger partial charge in [-0.1, -0.05) is 25.4 Å². The first-order valence-corrected chi connectivity index (χ1v) is 16.5. The van der Waals surface area contributed by atoms with Crippen LogP contribution in [0.25, 0.3) is 5.78 Å². The molecule has 2 N–H and O–H groups in total. The average Bonchev–Trinajstić information content (AvgIpc) is 3.50. The number of fused-ring (bicyclic) bond motifs is 1. The normalized spacial score (nSPS) is 18.8. The lowest BCUT2D eigenvalue weighted by molar-refractivity contribution is -0.137. The summed E-state index contributed by atoms with van der Waals surface area (Å²) in [6, 6.07) is 2.64. The number of ether oxygens (including phenoxy) is 1. The number of dihydropyridines is 1. The van der Waals surface area contributed by atoms with Crippen LogP contribution in [0, 0.1) is 5.92 Å². The number of aliphatic hydroxyl groups is 1. The zero-order valence-corrected chi connectivity index (χ0v) is 28.7. The van der Waals surface area contributed by atoms with Crippen molar-refractivity contribution in [3.05, 3.63) is 56.2 Å². The van der Waals surface area contributed by atoms with Gasteiger partial charge < -0.3 is 34.4 Å². The molecule has 2 aromatic heterocycles. The Kier molecular flexibility index (Phi) is 9.56. The van der Waals surface area contributed by atoms with Crippen LogP contribution in [0.3, 0.4) is 0 Å². The van der Waals surface area contributed by atoms with Crippen molar-refractivity contribution in [1.29, 1.82) is 0 Å². The third-order valence-electron chi connectivity index (χ3n) is 9.43. The number of halogens is 4. The molecule has 5 heterocycles. The van der Waals surface area contributed by atoms with Crippen molar-refractivity contribution in [1.82, 2.24) is 24.1 Å². The summed E-state index contributed by atoms with van der Waals surface area (Å²) in [5, 5.41) is 17.4. The summed E-state index contributed by atoms with van der Waals surface area (Å²) in [5.41, 5.74) is 0.0783. The fourth-order valence-electron chi connectivity index (χ4n) is 6.24. The summed E-state index contributed by atoms with van der Waals surface area (Å²) in [5.74, 6) is -0.699. The van der Waals surface area contributed by atoms with Crippen LogP contribution in [0.2, 0.25) is 5.02 Å². The molecule has 1 atom stereocenters. The van der Waals surface area contributed by atoms with Gasteiger partial charge in [0.25, 0.3) is 11.5 Å². The summed E-state index contributed by atoms with van der Waals surface area (Å²) in [4.78, 5) is 55.2. The molecule has 3 aliphatic rings. The molecule has 18 heteroatoms. The average molecular weight is 720 g/mol. The van der Waals surface area contributed by atoms with Crippen molar-refractivity contribution in [3.63, 3.8) is 0 Å². The Morgan fingerprint density at radius 1 is 1.14 bits per heavy atom. The molecule has 1 unspecified atom stereocenters. The summed E-state index contributed by atoms with van der Waals surface area (Å²) in [6.45, 7) is 7.59. The molecule has 0 spiro atoms. The number of rotatable bonds is 8. The highest BCUT2D eigenvalue weighted by Gasteiger charge is 2.35. The van der Waals surface area contributed by atoms with Crippen molar-refractivity contribution < 1.29 is 32.6 Å². The first-order valence-electron chi connectivity index (χ1n) is 16.2. The number of nitrogens with one attached hydrogen (secondary N) is 1. The second-order valence-corrected chi connectivity index (χ2v) is 13.0. The Bertz CT molecular complexity index is 1960. The van der Waals surface area contributed by atoms with E-state index in [1.807, 2.05) is 23.6 Å². The topological polar surface area (TPSA) is 150 Å². The van der Waals surface area contributed by atoms with Crippen LogP contribution in [-0.4, -0.2) is 106 Å². The Labute approximate surface area is 289 Å². The minimum absolute atomic E-state index is 0.0118. The van der Waals surface area contributed by atoms with Gasteiger partial charge in [0, 0.05) is 58.8 Å². The predicted molar refractivity (Wildman–Crippen MR) is 180 cm³/mol. The van der Waals surface area contributed by atoms with Gasteiger partial charge in [0.15, 0.2) is 5.71 Å². The molecule has 2 amide bonds. The van der Waals surface area contributed by atoms with E-state index >= 15 is 0 Å². The smallest absolute Gasteiger partial charge is 0.416 e. The van der Waals surface area contributed by atoms with Gasteiger partial charge in [-0.2, -0.15) is 22.7 Å². The Hall–Kier alpha value is -4.64. The number of amides is 2. The molecule has 268 valence electrons. The van der Waals surface area contributed by atoms with Gasteiger partial charge in [-0.05, 0) is 37.1 Å². The van der Waals surface area contributed by atoms with Gasteiger partial charge >= 0.3 is 6.18 Å². The summed E-state index contributed by atoms with van der Waals surface area (Å²) < 4.78 is 47.6. The first-order chi connectivity index (χ1) is 23.7. The molecule has 0 saturated carbocycles. The number of hydrogen-bond acceptors (Lipinski definition) is 10. The third kappa shape index (κ3) is 6.51. The number of carbonyl (C=O) groups is 2. The maximum atomic E-state index is 14.1. The van der Waals surface area contributed by atoms with E-state index in [4.69, 9.17) is 16.3 Å². The molecule has 0 bridgehead atoms. The lowest BCUT2D eigenvalue weighted by Gasteiger charge is -2.37. The summed E-state index contributed by atoms with van der Waals surface area (Å²) in [6.07, 6.45) is -4.33. The predicted octanol–water partition coefficient (Wildman–Crippen LogP) is 3.17. The molecule has 50 heavy (non-hydrogen) atoms. The minimum Gasteiger partial charge on any atom is -0.506 e. The number of aromatic nitrogens is 4. The number of piperazine rings is 1. The number of aliphatic imine (C=N–C) groups is 1. The molecule has 3 aromatic rings. The zero-order valence-electron chi connectivity index (χ0n) is 27.9. The molecule has 0 aliphatic carbocycles. The molecular formula is C32H37ClF3N9O5. The van der Waals surface area contributed by atoms with Crippen LogP contribution in [0.5, 0.6) is 0 Å². The van der Waals surface area contributed by atoms with Crippen molar-refractivity contribution in [2.24, 2.45) is 10.9 Å². The van der Waals surface area contributed by atoms with Crippen LogP contribution in [0.4, 0.5) is 30.5 Å². The number of anilines is 3. The third-order valence-corrected chi connectivity index (χ3v) is 9.74. The van der Waals surface area contributed by atoms with Gasteiger partial charge in [0.2, 0.25) is 17.6 Å². The second-order valence-electron chi connectivity index (χ2n) is 12.6. The van der Waals surface area contributed by atoms with E-state index in [0.717, 1.165) is 22.7 Å².